The summed E-state index contributed by atoms with van der Waals surface area (Å²) in [4.78, 5) is 24.5. The summed E-state index contributed by atoms with van der Waals surface area (Å²) >= 11 is 5.89. The molecule has 0 saturated heterocycles. The molecule has 0 heterocycles. The molecule has 28 heavy (non-hydrogen) atoms. The van der Waals surface area contributed by atoms with Crippen LogP contribution < -0.4 is 15.4 Å². The van der Waals surface area contributed by atoms with Gasteiger partial charge in [-0.3, -0.25) is 9.59 Å². The first-order chi connectivity index (χ1) is 13.6. The van der Waals surface area contributed by atoms with E-state index in [-0.39, 0.29) is 11.8 Å². The minimum absolute atomic E-state index is 0.220. The normalized spacial score (nSPS) is 10.2. The van der Waals surface area contributed by atoms with Gasteiger partial charge >= 0.3 is 0 Å². The molecule has 0 aliphatic rings. The van der Waals surface area contributed by atoms with Gasteiger partial charge in [-0.05, 0) is 48.0 Å². The van der Waals surface area contributed by atoms with Crippen LogP contribution >= 0.6 is 11.6 Å². The summed E-state index contributed by atoms with van der Waals surface area (Å²) in [5.74, 6) is -0.0686. The SMILES string of the molecule is CNC(=O)c1cccc(NC(=O)c2ccccc2OCc2ccc(Cl)cc2)c1. The molecule has 5 nitrogen and oxygen atoms in total. The predicted octanol–water partition coefficient (Wildman–Crippen LogP) is 4.53. The number of anilines is 1. The Hall–Kier alpha value is -3.31. The molecule has 0 radical (unpaired) electrons. The van der Waals surface area contributed by atoms with Crippen molar-refractivity contribution in [3.63, 3.8) is 0 Å². The molecule has 0 aromatic heterocycles. The zero-order valence-electron chi connectivity index (χ0n) is 15.2. The molecule has 2 N–H and O–H groups in total. The van der Waals surface area contributed by atoms with Gasteiger partial charge in [0.1, 0.15) is 12.4 Å². The summed E-state index contributed by atoms with van der Waals surface area (Å²) in [6, 6.07) is 21.1. The second-order valence-corrected chi connectivity index (χ2v) is 6.46. The van der Waals surface area contributed by atoms with Gasteiger partial charge in [0.05, 0.1) is 5.56 Å². The summed E-state index contributed by atoms with van der Waals surface area (Å²) in [5.41, 5.74) is 2.34. The van der Waals surface area contributed by atoms with E-state index in [1.165, 1.54) is 0 Å². The number of hydrogen-bond acceptors (Lipinski definition) is 3. The van der Waals surface area contributed by atoms with Crippen LogP contribution in [0.3, 0.4) is 0 Å². The second-order valence-electron chi connectivity index (χ2n) is 6.03. The topological polar surface area (TPSA) is 67.4 Å². The number of rotatable bonds is 6. The van der Waals surface area contributed by atoms with E-state index in [2.05, 4.69) is 10.6 Å². The molecule has 0 spiro atoms. The fourth-order valence-corrected chi connectivity index (χ4v) is 2.73. The highest BCUT2D eigenvalue weighted by Gasteiger charge is 2.13. The van der Waals surface area contributed by atoms with Gasteiger partial charge < -0.3 is 15.4 Å². The Morgan fingerprint density at radius 2 is 1.68 bits per heavy atom. The van der Waals surface area contributed by atoms with E-state index in [0.717, 1.165) is 5.56 Å². The molecule has 0 unspecified atom stereocenters. The van der Waals surface area contributed by atoms with Crippen molar-refractivity contribution in [3.05, 3.63) is 94.5 Å². The monoisotopic (exact) mass is 394 g/mol. The van der Waals surface area contributed by atoms with Crippen molar-refractivity contribution in [2.24, 2.45) is 0 Å². The van der Waals surface area contributed by atoms with Crippen LogP contribution in [0.4, 0.5) is 5.69 Å². The van der Waals surface area contributed by atoms with E-state index in [4.69, 9.17) is 16.3 Å². The Bertz CT molecular complexity index is 987. The Morgan fingerprint density at radius 1 is 0.929 bits per heavy atom. The fourth-order valence-electron chi connectivity index (χ4n) is 2.60. The zero-order chi connectivity index (χ0) is 19.9. The molecular formula is C22H19ClN2O3. The number of hydrogen-bond donors (Lipinski definition) is 2. The third-order valence-corrected chi connectivity index (χ3v) is 4.30. The molecule has 3 rings (SSSR count). The van der Waals surface area contributed by atoms with Gasteiger partial charge in [-0.25, -0.2) is 0 Å². The van der Waals surface area contributed by atoms with Crippen LogP contribution in [0.15, 0.2) is 72.8 Å². The number of halogens is 1. The molecule has 0 fully saturated rings. The lowest BCUT2D eigenvalue weighted by Gasteiger charge is -2.12. The Morgan fingerprint density at radius 3 is 2.43 bits per heavy atom. The summed E-state index contributed by atoms with van der Waals surface area (Å²) in [6.45, 7) is 0.313. The van der Waals surface area contributed by atoms with Gasteiger partial charge in [0, 0.05) is 23.3 Å². The lowest BCUT2D eigenvalue weighted by molar-refractivity contribution is 0.0961. The van der Waals surface area contributed by atoms with Crippen molar-refractivity contribution in [2.45, 2.75) is 6.61 Å². The average molecular weight is 395 g/mol. The van der Waals surface area contributed by atoms with E-state index < -0.39 is 0 Å². The van der Waals surface area contributed by atoms with Gasteiger partial charge in [0.25, 0.3) is 11.8 Å². The molecule has 0 bridgehead atoms. The van der Waals surface area contributed by atoms with Crippen molar-refractivity contribution < 1.29 is 14.3 Å². The van der Waals surface area contributed by atoms with E-state index in [0.29, 0.717) is 34.2 Å². The van der Waals surface area contributed by atoms with Crippen molar-refractivity contribution in [1.29, 1.82) is 0 Å². The summed E-state index contributed by atoms with van der Waals surface area (Å²) in [6.07, 6.45) is 0. The average Bonchev–Trinajstić information content (AvgIpc) is 2.73. The third kappa shape index (κ3) is 4.90. The molecule has 0 saturated carbocycles. The standard InChI is InChI=1S/C22H19ClN2O3/c1-24-21(26)16-5-4-6-18(13-16)25-22(27)19-7-2-3-8-20(19)28-14-15-9-11-17(23)12-10-15/h2-13H,14H2,1H3,(H,24,26)(H,25,27). The van der Waals surface area contributed by atoms with Gasteiger partial charge in [-0.1, -0.05) is 41.9 Å². The molecule has 6 heteroatoms. The number of carbonyl (C=O) groups is 2. The molecule has 3 aromatic rings. The van der Waals surface area contributed by atoms with E-state index >= 15 is 0 Å². The number of para-hydroxylation sites is 1. The molecule has 0 aliphatic carbocycles. The molecule has 3 aromatic carbocycles. The maximum atomic E-state index is 12.7. The van der Waals surface area contributed by atoms with E-state index in [1.54, 1.807) is 67.7 Å². The maximum Gasteiger partial charge on any atom is 0.259 e. The van der Waals surface area contributed by atoms with Crippen molar-refractivity contribution in [1.82, 2.24) is 5.32 Å². The predicted molar refractivity (Wildman–Crippen MR) is 110 cm³/mol. The van der Waals surface area contributed by atoms with Crippen LogP contribution in [0, 0.1) is 0 Å². The minimum Gasteiger partial charge on any atom is -0.488 e. The first kappa shape index (κ1) is 19.5. The Balaban J connectivity index is 1.73. The number of ether oxygens (including phenoxy) is 1. The second kappa shape index (κ2) is 9.06. The summed E-state index contributed by atoms with van der Waals surface area (Å²) < 4.78 is 5.83. The van der Waals surface area contributed by atoms with Gasteiger partial charge in [-0.2, -0.15) is 0 Å². The van der Waals surface area contributed by atoms with E-state index in [1.807, 2.05) is 12.1 Å². The lowest BCUT2D eigenvalue weighted by atomic mass is 10.1. The van der Waals surface area contributed by atoms with Crippen molar-refractivity contribution in [3.8, 4) is 5.75 Å². The molecular weight excluding hydrogens is 376 g/mol. The summed E-state index contributed by atoms with van der Waals surface area (Å²) in [7, 11) is 1.56. The number of carbonyl (C=O) groups excluding carboxylic acids is 2. The molecule has 0 atom stereocenters. The van der Waals surface area contributed by atoms with Crippen LogP contribution in [0.25, 0.3) is 0 Å². The fraction of sp³-hybridized carbons (Fsp3) is 0.0909. The van der Waals surface area contributed by atoms with Crippen LogP contribution in [-0.2, 0) is 6.61 Å². The summed E-state index contributed by atoms with van der Waals surface area (Å²) in [5, 5.41) is 6.02. The zero-order valence-corrected chi connectivity index (χ0v) is 16.0. The first-order valence-electron chi connectivity index (χ1n) is 8.66. The van der Waals surface area contributed by atoms with Crippen LogP contribution in [-0.4, -0.2) is 18.9 Å². The van der Waals surface area contributed by atoms with Gasteiger partial charge in [0.15, 0.2) is 0 Å². The highest BCUT2D eigenvalue weighted by atomic mass is 35.5. The third-order valence-electron chi connectivity index (χ3n) is 4.05. The minimum atomic E-state index is -0.319. The smallest absolute Gasteiger partial charge is 0.259 e. The lowest BCUT2D eigenvalue weighted by Crippen LogP contribution is -2.18. The quantitative estimate of drug-likeness (QED) is 0.645. The van der Waals surface area contributed by atoms with Crippen LogP contribution in [0.2, 0.25) is 5.02 Å². The number of nitrogens with one attached hydrogen (secondary N) is 2. The number of amides is 2. The van der Waals surface area contributed by atoms with Crippen LogP contribution in [0.1, 0.15) is 26.3 Å². The highest BCUT2D eigenvalue weighted by molar-refractivity contribution is 6.30. The van der Waals surface area contributed by atoms with Crippen LogP contribution in [0.5, 0.6) is 5.75 Å². The molecule has 2 amide bonds. The highest BCUT2D eigenvalue weighted by Crippen LogP contribution is 2.22. The maximum absolute atomic E-state index is 12.7. The number of benzene rings is 3. The van der Waals surface area contributed by atoms with Crippen molar-refractivity contribution in [2.75, 3.05) is 12.4 Å². The van der Waals surface area contributed by atoms with Crippen molar-refractivity contribution >= 4 is 29.1 Å². The molecule has 142 valence electrons. The Kier molecular flexibility index (Phi) is 6.29. The van der Waals surface area contributed by atoms with E-state index in [9.17, 15) is 9.59 Å². The molecule has 0 aliphatic heterocycles. The van der Waals surface area contributed by atoms with Gasteiger partial charge in [0.2, 0.25) is 0 Å². The largest absolute Gasteiger partial charge is 0.488 e. The Labute approximate surface area is 168 Å². The first-order valence-corrected chi connectivity index (χ1v) is 9.04. The van der Waals surface area contributed by atoms with Gasteiger partial charge in [-0.15, -0.1) is 0 Å².